The average molecular weight is 274 g/mol. The second kappa shape index (κ2) is 5.21. The summed E-state index contributed by atoms with van der Waals surface area (Å²) in [4.78, 5) is 12.0. The first-order chi connectivity index (χ1) is 9.29. The van der Waals surface area contributed by atoms with Crippen molar-refractivity contribution in [3.05, 3.63) is 35.4 Å². The van der Waals surface area contributed by atoms with Gasteiger partial charge in [-0.3, -0.25) is 4.79 Å². The predicted molar refractivity (Wildman–Crippen MR) is 82.1 cm³/mol. The van der Waals surface area contributed by atoms with Gasteiger partial charge in [-0.15, -0.1) is 0 Å². The lowest BCUT2D eigenvalue weighted by molar-refractivity contribution is -0.120. The van der Waals surface area contributed by atoms with Crippen LogP contribution in [0.2, 0.25) is 0 Å². The van der Waals surface area contributed by atoms with Crippen molar-refractivity contribution in [2.24, 2.45) is 22.5 Å². The van der Waals surface area contributed by atoms with E-state index in [0.29, 0.717) is 29.7 Å². The van der Waals surface area contributed by atoms with Gasteiger partial charge in [-0.05, 0) is 27.9 Å². The van der Waals surface area contributed by atoms with Gasteiger partial charge in [0.05, 0.1) is 6.42 Å². The minimum Gasteiger partial charge on any atom is -0.355 e. The van der Waals surface area contributed by atoms with E-state index in [2.05, 4.69) is 33.0 Å². The van der Waals surface area contributed by atoms with Crippen LogP contribution in [0.5, 0.6) is 0 Å². The van der Waals surface area contributed by atoms with E-state index in [4.69, 9.17) is 5.73 Å². The predicted octanol–water partition coefficient (Wildman–Crippen LogP) is 2.49. The Morgan fingerprint density at radius 1 is 1.10 bits per heavy atom. The van der Waals surface area contributed by atoms with Crippen LogP contribution in [0.3, 0.4) is 0 Å². The lowest BCUT2D eigenvalue weighted by atomic mass is 10.0. The van der Waals surface area contributed by atoms with Crippen LogP contribution in [0.1, 0.15) is 38.8 Å². The second-order valence-electron chi connectivity index (χ2n) is 7.00. The van der Waals surface area contributed by atoms with E-state index in [1.807, 2.05) is 24.3 Å². The SMILES string of the molecule is CC1(C)C(CNC(=O)Cc2ccc(CN)cc2)C1(C)C. The molecular formula is C17H26N2O. The van der Waals surface area contributed by atoms with Crippen molar-refractivity contribution in [3.8, 4) is 0 Å². The molecule has 1 aliphatic rings. The quantitative estimate of drug-likeness (QED) is 0.866. The summed E-state index contributed by atoms with van der Waals surface area (Å²) in [5.41, 5.74) is 8.33. The van der Waals surface area contributed by atoms with Gasteiger partial charge in [0.2, 0.25) is 5.91 Å². The summed E-state index contributed by atoms with van der Waals surface area (Å²) in [7, 11) is 0. The fourth-order valence-corrected chi connectivity index (χ4v) is 3.10. The van der Waals surface area contributed by atoms with Crippen LogP contribution in [-0.2, 0) is 17.8 Å². The maximum Gasteiger partial charge on any atom is 0.224 e. The van der Waals surface area contributed by atoms with Gasteiger partial charge in [0, 0.05) is 13.1 Å². The fraction of sp³-hybridized carbons (Fsp3) is 0.588. The Hall–Kier alpha value is -1.35. The zero-order chi connectivity index (χ0) is 15.0. The minimum absolute atomic E-state index is 0.101. The van der Waals surface area contributed by atoms with E-state index >= 15 is 0 Å². The summed E-state index contributed by atoms with van der Waals surface area (Å²) in [5, 5.41) is 3.07. The number of hydrogen-bond acceptors (Lipinski definition) is 2. The molecule has 2 rings (SSSR count). The van der Waals surface area contributed by atoms with Gasteiger partial charge >= 0.3 is 0 Å². The van der Waals surface area contributed by atoms with Crippen molar-refractivity contribution in [1.82, 2.24) is 5.32 Å². The van der Waals surface area contributed by atoms with E-state index in [9.17, 15) is 4.79 Å². The molecule has 0 radical (unpaired) electrons. The number of carbonyl (C=O) groups excluding carboxylic acids is 1. The monoisotopic (exact) mass is 274 g/mol. The Morgan fingerprint density at radius 2 is 1.60 bits per heavy atom. The van der Waals surface area contributed by atoms with E-state index in [0.717, 1.165) is 17.7 Å². The molecule has 1 aromatic rings. The molecule has 1 aliphatic carbocycles. The maximum absolute atomic E-state index is 12.0. The molecule has 0 heterocycles. The first-order valence-electron chi connectivity index (χ1n) is 7.33. The van der Waals surface area contributed by atoms with Crippen LogP contribution in [0.4, 0.5) is 0 Å². The average Bonchev–Trinajstić information content (AvgIpc) is 2.78. The third-order valence-corrected chi connectivity index (χ3v) is 5.45. The Labute approximate surface area is 121 Å². The smallest absolute Gasteiger partial charge is 0.224 e. The highest BCUT2D eigenvalue weighted by molar-refractivity contribution is 5.78. The first-order valence-corrected chi connectivity index (χ1v) is 7.33. The molecular weight excluding hydrogens is 248 g/mol. The Balaban J connectivity index is 1.81. The molecule has 0 spiro atoms. The fourth-order valence-electron chi connectivity index (χ4n) is 3.10. The van der Waals surface area contributed by atoms with Gasteiger partial charge in [0.1, 0.15) is 0 Å². The topological polar surface area (TPSA) is 55.1 Å². The van der Waals surface area contributed by atoms with Crippen molar-refractivity contribution >= 4 is 5.91 Å². The first kappa shape index (κ1) is 15.0. The number of nitrogens with two attached hydrogens (primary N) is 1. The molecule has 3 heteroatoms. The van der Waals surface area contributed by atoms with Crippen molar-refractivity contribution in [2.75, 3.05) is 6.54 Å². The number of benzene rings is 1. The molecule has 1 amide bonds. The van der Waals surface area contributed by atoms with Crippen LogP contribution in [0.15, 0.2) is 24.3 Å². The van der Waals surface area contributed by atoms with Gasteiger partial charge in [0.25, 0.3) is 0 Å². The van der Waals surface area contributed by atoms with Crippen LogP contribution >= 0.6 is 0 Å². The van der Waals surface area contributed by atoms with Crippen LogP contribution in [0.25, 0.3) is 0 Å². The normalized spacial score (nSPS) is 19.6. The lowest BCUT2D eigenvalue weighted by Crippen LogP contribution is -2.28. The number of hydrogen-bond donors (Lipinski definition) is 2. The highest BCUT2D eigenvalue weighted by atomic mass is 16.1. The Kier molecular flexibility index (Phi) is 3.92. The zero-order valence-electron chi connectivity index (χ0n) is 13.0. The van der Waals surface area contributed by atoms with Crippen LogP contribution in [-0.4, -0.2) is 12.5 Å². The molecule has 110 valence electrons. The second-order valence-corrected chi connectivity index (χ2v) is 7.00. The van der Waals surface area contributed by atoms with Gasteiger partial charge < -0.3 is 11.1 Å². The Bertz CT molecular complexity index is 474. The molecule has 0 aliphatic heterocycles. The summed E-state index contributed by atoms with van der Waals surface area (Å²) in [6.07, 6.45) is 0.443. The molecule has 0 aromatic heterocycles. The molecule has 1 saturated carbocycles. The van der Waals surface area contributed by atoms with E-state index < -0.39 is 0 Å². The minimum atomic E-state index is 0.101. The van der Waals surface area contributed by atoms with Gasteiger partial charge in [-0.1, -0.05) is 52.0 Å². The van der Waals surface area contributed by atoms with E-state index in [1.165, 1.54) is 0 Å². The van der Waals surface area contributed by atoms with Crippen molar-refractivity contribution in [3.63, 3.8) is 0 Å². The molecule has 0 saturated heterocycles. The Morgan fingerprint density at radius 3 is 2.05 bits per heavy atom. The number of carbonyl (C=O) groups is 1. The number of nitrogens with one attached hydrogen (secondary N) is 1. The molecule has 1 aromatic carbocycles. The zero-order valence-corrected chi connectivity index (χ0v) is 13.0. The summed E-state index contributed by atoms with van der Waals surface area (Å²) in [6, 6.07) is 7.92. The molecule has 20 heavy (non-hydrogen) atoms. The van der Waals surface area contributed by atoms with Crippen molar-refractivity contribution in [1.29, 1.82) is 0 Å². The van der Waals surface area contributed by atoms with Crippen molar-refractivity contribution in [2.45, 2.75) is 40.7 Å². The standard InChI is InChI=1S/C17H26N2O/c1-16(2)14(17(16,3)4)11-19-15(20)9-12-5-7-13(10-18)8-6-12/h5-8,14H,9-11,18H2,1-4H3,(H,19,20). The van der Waals surface area contributed by atoms with Gasteiger partial charge in [0.15, 0.2) is 0 Å². The van der Waals surface area contributed by atoms with Crippen molar-refractivity contribution < 1.29 is 4.79 Å². The number of rotatable bonds is 5. The highest BCUT2D eigenvalue weighted by Crippen LogP contribution is 2.67. The molecule has 0 bridgehead atoms. The van der Waals surface area contributed by atoms with Crippen LogP contribution < -0.4 is 11.1 Å². The molecule has 1 fully saturated rings. The van der Waals surface area contributed by atoms with Crippen LogP contribution in [0, 0.1) is 16.7 Å². The highest BCUT2D eigenvalue weighted by Gasteiger charge is 2.64. The summed E-state index contributed by atoms with van der Waals surface area (Å²) in [5.74, 6) is 0.669. The summed E-state index contributed by atoms with van der Waals surface area (Å²) in [6.45, 7) is 10.4. The summed E-state index contributed by atoms with van der Waals surface area (Å²) >= 11 is 0. The van der Waals surface area contributed by atoms with E-state index in [-0.39, 0.29) is 5.91 Å². The molecule has 3 nitrogen and oxygen atoms in total. The number of amides is 1. The van der Waals surface area contributed by atoms with E-state index in [1.54, 1.807) is 0 Å². The maximum atomic E-state index is 12.0. The third-order valence-electron chi connectivity index (χ3n) is 5.45. The lowest BCUT2D eigenvalue weighted by Gasteiger charge is -2.07. The summed E-state index contributed by atoms with van der Waals surface area (Å²) < 4.78 is 0. The largest absolute Gasteiger partial charge is 0.355 e. The van der Waals surface area contributed by atoms with Gasteiger partial charge in [-0.2, -0.15) is 0 Å². The molecule has 0 unspecified atom stereocenters. The third kappa shape index (κ3) is 2.73. The molecule has 3 N–H and O–H groups in total. The van der Waals surface area contributed by atoms with Gasteiger partial charge in [-0.25, -0.2) is 0 Å². The molecule has 0 atom stereocenters.